The molecule has 0 fully saturated rings. The van der Waals surface area contributed by atoms with Gasteiger partial charge in [0, 0.05) is 25.5 Å². The van der Waals surface area contributed by atoms with E-state index in [0.29, 0.717) is 19.0 Å². The summed E-state index contributed by atoms with van der Waals surface area (Å²) in [4.78, 5) is 8.54. The first kappa shape index (κ1) is 14.8. The second-order valence-electron chi connectivity index (χ2n) is 4.79. The number of hydrogen-bond acceptors (Lipinski definition) is 2. The molecule has 2 rings (SSSR count). The van der Waals surface area contributed by atoms with E-state index in [-0.39, 0.29) is 0 Å². The van der Waals surface area contributed by atoms with Crippen molar-refractivity contribution in [3.8, 4) is 0 Å². The average molecular weight is 283 g/mol. The smallest absolute Gasteiger partial charge is 0.189 e. The number of rotatable bonds is 6. The third kappa shape index (κ3) is 4.49. The highest BCUT2D eigenvalue weighted by Gasteiger charge is 2.00. The first-order valence-electron chi connectivity index (χ1n) is 6.89. The van der Waals surface area contributed by atoms with Gasteiger partial charge in [0.05, 0.1) is 6.54 Å². The SMILES string of the molecule is C=CCNC(N)=NCc1cccc(Cn2ccnc2C)c1. The summed E-state index contributed by atoms with van der Waals surface area (Å²) in [5.74, 6) is 1.45. The van der Waals surface area contributed by atoms with Gasteiger partial charge in [-0.15, -0.1) is 6.58 Å². The molecule has 1 aromatic carbocycles. The third-order valence-corrected chi connectivity index (χ3v) is 3.13. The Morgan fingerprint density at radius 2 is 2.29 bits per heavy atom. The second-order valence-corrected chi connectivity index (χ2v) is 4.79. The maximum Gasteiger partial charge on any atom is 0.189 e. The quantitative estimate of drug-likeness (QED) is 0.483. The van der Waals surface area contributed by atoms with Gasteiger partial charge in [-0.2, -0.15) is 0 Å². The standard InChI is InChI=1S/C16H21N5/c1-3-7-19-16(17)20-11-14-5-4-6-15(10-14)12-21-9-8-18-13(21)2/h3-6,8-10H,1,7,11-12H2,2H3,(H3,17,19,20). The summed E-state index contributed by atoms with van der Waals surface area (Å²) < 4.78 is 2.11. The number of benzene rings is 1. The number of guanidine groups is 1. The molecular weight excluding hydrogens is 262 g/mol. The van der Waals surface area contributed by atoms with E-state index in [1.165, 1.54) is 5.56 Å². The molecule has 1 heterocycles. The summed E-state index contributed by atoms with van der Waals surface area (Å²) in [6.45, 7) is 7.62. The first-order chi connectivity index (χ1) is 10.2. The number of aryl methyl sites for hydroxylation is 1. The summed E-state index contributed by atoms with van der Waals surface area (Å²) >= 11 is 0. The van der Waals surface area contributed by atoms with Crippen molar-refractivity contribution in [2.75, 3.05) is 6.54 Å². The Labute approximate surface area is 125 Å². The monoisotopic (exact) mass is 283 g/mol. The van der Waals surface area contributed by atoms with Crippen LogP contribution in [0.3, 0.4) is 0 Å². The predicted molar refractivity (Wildman–Crippen MR) is 86.0 cm³/mol. The molecule has 1 aromatic heterocycles. The molecule has 2 aromatic rings. The van der Waals surface area contributed by atoms with Gasteiger partial charge in [-0.05, 0) is 18.1 Å². The van der Waals surface area contributed by atoms with Crippen molar-refractivity contribution < 1.29 is 0 Å². The highest BCUT2D eigenvalue weighted by Crippen LogP contribution is 2.09. The van der Waals surface area contributed by atoms with Gasteiger partial charge in [0.1, 0.15) is 5.82 Å². The fourth-order valence-corrected chi connectivity index (χ4v) is 2.00. The van der Waals surface area contributed by atoms with Crippen molar-refractivity contribution >= 4 is 5.96 Å². The number of imidazole rings is 1. The van der Waals surface area contributed by atoms with Gasteiger partial charge in [-0.25, -0.2) is 9.98 Å². The van der Waals surface area contributed by atoms with E-state index in [1.54, 1.807) is 6.08 Å². The lowest BCUT2D eigenvalue weighted by molar-refractivity contribution is 0.760. The zero-order valence-electron chi connectivity index (χ0n) is 12.3. The minimum atomic E-state index is 0.436. The molecule has 3 N–H and O–H groups in total. The van der Waals surface area contributed by atoms with Crippen molar-refractivity contribution in [3.63, 3.8) is 0 Å². The number of nitrogens with one attached hydrogen (secondary N) is 1. The van der Waals surface area contributed by atoms with Gasteiger partial charge in [0.15, 0.2) is 5.96 Å². The zero-order chi connectivity index (χ0) is 15.1. The summed E-state index contributed by atoms with van der Waals surface area (Å²) in [7, 11) is 0. The molecule has 0 saturated heterocycles. The molecule has 0 saturated carbocycles. The van der Waals surface area contributed by atoms with Crippen LogP contribution in [0.4, 0.5) is 0 Å². The number of hydrogen-bond donors (Lipinski definition) is 2. The first-order valence-corrected chi connectivity index (χ1v) is 6.89. The fraction of sp³-hybridized carbons (Fsp3) is 0.250. The minimum Gasteiger partial charge on any atom is -0.370 e. The Bertz CT molecular complexity index is 627. The molecule has 110 valence electrons. The van der Waals surface area contributed by atoms with Crippen LogP contribution >= 0.6 is 0 Å². The number of aromatic nitrogens is 2. The van der Waals surface area contributed by atoms with Crippen molar-refractivity contribution in [2.24, 2.45) is 10.7 Å². The van der Waals surface area contributed by atoms with Crippen LogP contribution in [-0.2, 0) is 13.1 Å². The summed E-state index contributed by atoms with van der Waals surface area (Å²) in [6, 6.07) is 8.34. The van der Waals surface area contributed by atoms with Crippen molar-refractivity contribution in [1.82, 2.24) is 14.9 Å². The van der Waals surface area contributed by atoms with E-state index in [0.717, 1.165) is 17.9 Å². The molecule has 5 nitrogen and oxygen atoms in total. The molecule has 0 aliphatic heterocycles. The average Bonchev–Trinajstić information content (AvgIpc) is 2.88. The van der Waals surface area contributed by atoms with Gasteiger partial charge in [-0.1, -0.05) is 30.3 Å². The Kier molecular flexibility index (Phi) is 5.15. The zero-order valence-corrected chi connectivity index (χ0v) is 12.3. The molecule has 5 heteroatoms. The molecular formula is C16H21N5. The largest absolute Gasteiger partial charge is 0.370 e. The van der Waals surface area contributed by atoms with Crippen LogP contribution in [0.5, 0.6) is 0 Å². The third-order valence-electron chi connectivity index (χ3n) is 3.13. The lowest BCUT2D eigenvalue weighted by Gasteiger charge is -2.07. The van der Waals surface area contributed by atoms with E-state index in [9.17, 15) is 0 Å². The summed E-state index contributed by atoms with van der Waals surface area (Å²) in [5.41, 5.74) is 8.11. The Morgan fingerprint density at radius 3 is 3.00 bits per heavy atom. The van der Waals surface area contributed by atoms with Gasteiger partial charge in [0.25, 0.3) is 0 Å². The van der Waals surface area contributed by atoms with Gasteiger partial charge in [0.2, 0.25) is 0 Å². The molecule has 0 unspecified atom stereocenters. The molecule has 0 radical (unpaired) electrons. The van der Waals surface area contributed by atoms with Crippen molar-refractivity contribution in [2.45, 2.75) is 20.0 Å². The molecule has 0 amide bonds. The summed E-state index contributed by atoms with van der Waals surface area (Å²) in [6.07, 6.45) is 5.54. The van der Waals surface area contributed by atoms with Gasteiger partial charge < -0.3 is 15.6 Å². The van der Waals surface area contributed by atoms with E-state index in [1.807, 2.05) is 25.4 Å². The van der Waals surface area contributed by atoms with Crippen LogP contribution in [0, 0.1) is 6.92 Å². The van der Waals surface area contributed by atoms with Crippen molar-refractivity contribution in [1.29, 1.82) is 0 Å². The molecule has 21 heavy (non-hydrogen) atoms. The summed E-state index contributed by atoms with van der Waals surface area (Å²) in [5, 5.41) is 2.96. The Morgan fingerprint density at radius 1 is 1.48 bits per heavy atom. The number of nitrogens with zero attached hydrogens (tertiary/aromatic N) is 3. The fourth-order valence-electron chi connectivity index (χ4n) is 2.00. The van der Waals surface area contributed by atoms with Crippen molar-refractivity contribution in [3.05, 3.63) is 66.3 Å². The molecule has 0 spiro atoms. The van der Waals surface area contributed by atoms with Crippen LogP contribution in [0.15, 0.2) is 54.3 Å². The highest BCUT2D eigenvalue weighted by molar-refractivity contribution is 5.77. The highest BCUT2D eigenvalue weighted by atomic mass is 15.1. The Balaban J connectivity index is 2.01. The van der Waals surface area contributed by atoms with Gasteiger partial charge >= 0.3 is 0 Å². The van der Waals surface area contributed by atoms with E-state index in [2.05, 4.69) is 44.6 Å². The second kappa shape index (κ2) is 7.28. The van der Waals surface area contributed by atoms with E-state index in [4.69, 9.17) is 5.73 Å². The predicted octanol–water partition coefficient (Wildman–Crippen LogP) is 1.83. The van der Waals surface area contributed by atoms with E-state index < -0.39 is 0 Å². The maximum atomic E-state index is 5.75. The van der Waals surface area contributed by atoms with Crippen LogP contribution < -0.4 is 11.1 Å². The van der Waals surface area contributed by atoms with Crippen LogP contribution in [0.1, 0.15) is 17.0 Å². The topological polar surface area (TPSA) is 68.2 Å². The molecule has 0 atom stereocenters. The lowest BCUT2D eigenvalue weighted by atomic mass is 10.1. The number of nitrogens with two attached hydrogens (primary N) is 1. The molecule has 0 aliphatic rings. The normalized spacial score (nSPS) is 11.4. The van der Waals surface area contributed by atoms with Crippen LogP contribution in [0.25, 0.3) is 0 Å². The maximum absolute atomic E-state index is 5.75. The molecule has 0 aliphatic carbocycles. The van der Waals surface area contributed by atoms with Gasteiger partial charge in [-0.3, -0.25) is 0 Å². The number of aliphatic imine (C=N–C) groups is 1. The molecule has 0 bridgehead atoms. The van der Waals surface area contributed by atoms with E-state index >= 15 is 0 Å². The van der Waals surface area contributed by atoms with Crippen LogP contribution in [0.2, 0.25) is 0 Å². The minimum absolute atomic E-state index is 0.436. The Hall–Kier alpha value is -2.56. The van der Waals surface area contributed by atoms with Crippen LogP contribution in [-0.4, -0.2) is 22.1 Å². The lowest BCUT2D eigenvalue weighted by Crippen LogP contribution is -2.31.